The Bertz CT molecular complexity index is 349. The zero-order valence-corrected chi connectivity index (χ0v) is 11.4. The van der Waals surface area contributed by atoms with Gasteiger partial charge in [0.1, 0.15) is 0 Å². The SMILES string of the molecule is CC(=O)Nc1ccc(SCCNC(C)C)cc1. The molecule has 1 aromatic rings. The molecule has 0 unspecified atom stereocenters. The number of rotatable bonds is 6. The Morgan fingerprint density at radius 2 is 1.94 bits per heavy atom. The van der Waals surface area contributed by atoms with Crippen molar-refractivity contribution < 1.29 is 4.79 Å². The Hall–Kier alpha value is -1.00. The number of nitrogens with one attached hydrogen (secondary N) is 2. The van der Waals surface area contributed by atoms with E-state index in [1.54, 1.807) is 0 Å². The standard InChI is InChI=1S/C13H20N2OS/c1-10(2)14-8-9-17-13-6-4-12(5-7-13)15-11(3)16/h4-7,10,14H,8-9H2,1-3H3,(H,15,16). The molecule has 17 heavy (non-hydrogen) atoms. The van der Waals surface area contributed by atoms with E-state index in [2.05, 4.69) is 24.5 Å². The number of hydrogen-bond acceptors (Lipinski definition) is 3. The van der Waals surface area contributed by atoms with E-state index in [9.17, 15) is 4.79 Å². The Morgan fingerprint density at radius 3 is 2.47 bits per heavy atom. The molecule has 0 bridgehead atoms. The van der Waals surface area contributed by atoms with Crippen LogP contribution >= 0.6 is 11.8 Å². The summed E-state index contributed by atoms with van der Waals surface area (Å²) in [4.78, 5) is 12.1. The number of thioether (sulfide) groups is 1. The number of anilines is 1. The summed E-state index contributed by atoms with van der Waals surface area (Å²) in [6.07, 6.45) is 0. The second kappa shape index (κ2) is 7.35. The van der Waals surface area contributed by atoms with Gasteiger partial charge >= 0.3 is 0 Å². The van der Waals surface area contributed by atoms with Crippen LogP contribution in [0.25, 0.3) is 0 Å². The molecule has 3 nitrogen and oxygen atoms in total. The van der Waals surface area contributed by atoms with Crippen molar-refractivity contribution in [2.24, 2.45) is 0 Å². The zero-order chi connectivity index (χ0) is 12.7. The van der Waals surface area contributed by atoms with E-state index in [4.69, 9.17) is 0 Å². The molecule has 0 aliphatic carbocycles. The van der Waals surface area contributed by atoms with Crippen molar-refractivity contribution in [3.05, 3.63) is 24.3 Å². The summed E-state index contributed by atoms with van der Waals surface area (Å²) in [6.45, 7) is 6.82. The monoisotopic (exact) mass is 252 g/mol. The summed E-state index contributed by atoms with van der Waals surface area (Å²) in [5.41, 5.74) is 0.849. The predicted octanol–water partition coefficient (Wildman–Crippen LogP) is 2.74. The van der Waals surface area contributed by atoms with Gasteiger partial charge in [-0.3, -0.25) is 4.79 Å². The Morgan fingerprint density at radius 1 is 1.29 bits per heavy atom. The molecule has 1 aromatic carbocycles. The molecule has 94 valence electrons. The molecule has 1 rings (SSSR count). The summed E-state index contributed by atoms with van der Waals surface area (Å²) < 4.78 is 0. The summed E-state index contributed by atoms with van der Waals surface area (Å²) in [5.74, 6) is 1.02. The molecular formula is C13H20N2OS. The maximum absolute atomic E-state index is 10.8. The number of amides is 1. The number of benzene rings is 1. The first kappa shape index (κ1) is 14.1. The molecule has 0 saturated carbocycles. The first-order valence-corrected chi connectivity index (χ1v) is 6.80. The molecule has 0 radical (unpaired) electrons. The van der Waals surface area contributed by atoms with E-state index in [1.165, 1.54) is 11.8 Å². The molecule has 0 atom stereocenters. The van der Waals surface area contributed by atoms with Gasteiger partial charge < -0.3 is 10.6 Å². The largest absolute Gasteiger partial charge is 0.326 e. The maximum Gasteiger partial charge on any atom is 0.221 e. The highest BCUT2D eigenvalue weighted by atomic mass is 32.2. The van der Waals surface area contributed by atoms with Gasteiger partial charge in [0.05, 0.1) is 0 Å². The van der Waals surface area contributed by atoms with Gasteiger partial charge in [-0.25, -0.2) is 0 Å². The van der Waals surface area contributed by atoms with Crippen LogP contribution in [0.5, 0.6) is 0 Å². The molecule has 0 aliphatic heterocycles. The van der Waals surface area contributed by atoms with Crippen molar-refractivity contribution in [2.75, 3.05) is 17.6 Å². The fourth-order valence-electron chi connectivity index (χ4n) is 1.35. The minimum absolute atomic E-state index is 0.0356. The van der Waals surface area contributed by atoms with Gasteiger partial charge in [-0.15, -0.1) is 11.8 Å². The van der Waals surface area contributed by atoms with Crippen LogP contribution in [0.3, 0.4) is 0 Å². The smallest absolute Gasteiger partial charge is 0.221 e. The second-order valence-corrected chi connectivity index (χ2v) is 5.33. The van der Waals surface area contributed by atoms with E-state index < -0.39 is 0 Å². The van der Waals surface area contributed by atoms with E-state index in [0.717, 1.165) is 18.0 Å². The summed E-state index contributed by atoms with van der Waals surface area (Å²) in [5, 5.41) is 6.13. The van der Waals surface area contributed by atoms with Gasteiger partial charge in [-0.05, 0) is 24.3 Å². The minimum atomic E-state index is -0.0356. The predicted molar refractivity (Wildman–Crippen MR) is 74.6 cm³/mol. The quantitative estimate of drug-likeness (QED) is 0.604. The van der Waals surface area contributed by atoms with E-state index >= 15 is 0 Å². The third-order valence-electron chi connectivity index (χ3n) is 2.10. The first-order valence-electron chi connectivity index (χ1n) is 5.82. The molecule has 0 aliphatic rings. The van der Waals surface area contributed by atoms with Gasteiger partial charge in [-0.2, -0.15) is 0 Å². The van der Waals surface area contributed by atoms with Gasteiger partial charge in [0.25, 0.3) is 0 Å². The highest BCUT2D eigenvalue weighted by molar-refractivity contribution is 7.99. The first-order chi connectivity index (χ1) is 8.08. The van der Waals surface area contributed by atoms with Gasteiger partial charge in [0.15, 0.2) is 0 Å². The van der Waals surface area contributed by atoms with Crippen LogP contribution in [-0.2, 0) is 4.79 Å². The normalized spacial score (nSPS) is 10.6. The van der Waals surface area contributed by atoms with Crippen LogP contribution in [0.4, 0.5) is 5.69 Å². The lowest BCUT2D eigenvalue weighted by atomic mass is 10.3. The van der Waals surface area contributed by atoms with Gasteiger partial charge in [0.2, 0.25) is 5.91 Å². The van der Waals surface area contributed by atoms with Gasteiger partial charge in [-0.1, -0.05) is 13.8 Å². The molecule has 0 heterocycles. The van der Waals surface area contributed by atoms with Crippen LogP contribution in [0.2, 0.25) is 0 Å². The lowest BCUT2D eigenvalue weighted by molar-refractivity contribution is -0.114. The highest BCUT2D eigenvalue weighted by Gasteiger charge is 1.97. The topological polar surface area (TPSA) is 41.1 Å². The molecule has 0 spiro atoms. The fourth-order valence-corrected chi connectivity index (χ4v) is 2.14. The second-order valence-electron chi connectivity index (χ2n) is 4.16. The van der Waals surface area contributed by atoms with Crippen LogP contribution < -0.4 is 10.6 Å². The van der Waals surface area contributed by atoms with Crippen molar-refractivity contribution in [3.63, 3.8) is 0 Å². The van der Waals surface area contributed by atoms with Crippen LogP contribution in [-0.4, -0.2) is 24.2 Å². The summed E-state index contributed by atoms with van der Waals surface area (Å²) in [7, 11) is 0. The van der Waals surface area contributed by atoms with Crippen LogP contribution in [0, 0.1) is 0 Å². The lowest BCUT2D eigenvalue weighted by Crippen LogP contribution is -2.24. The zero-order valence-electron chi connectivity index (χ0n) is 10.6. The van der Waals surface area contributed by atoms with E-state index in [-0.39, 0.29) is 5.91 Å². The van der Waals surface area contributed by atoms with Crippen molar-refractivity contribution in [2.45, 2.75) is 31.7 Å². The number of hydrogen-bond donors (Lipinski definition) is 2. The maximum atomic E-state index is 10.8. The number of carbonyl (C=O) groups is 1. The molecule has 0 fully saturated rings. The molecule has 2 N–H and O–H groups in total. The van der Waals surface area contributed by atoms with E-state index in [0.29, 0.717) is 6.04 Å². The van der Waals surface area contributed by atoms with Crippen molar-refractivity contribution >= 4 is 23.4 Å². The minimum Gasteiger partial charge on any atom is -0.326 e. The molecule has 0 saturated heterocycles. The average Bonchev–Trinajstić information content (AvgIpc) is 2.25. The summed E-state index contributed by atoms with van der Waals surface area (Å²) >= 11 is 1.81. The highest BCUT2D eigenvalue weighted by Crippen LogP contribution is 2.19. The third kappa shape index (κ3) is 6.34. The molecule has 1 amide bonds. The van der Waals surface area contributed by atoms with Crippen molar-refractivity contribution in [1.29, 1.82) is 0 Å². The third-order valence-corrected chi connectivity index (χ3v) is 3.11. The Labute approximate surface area is 107 Å². The lowest BCUT2D eigenvalue weighted by Gasteiger charge is -2.08. The molecular weight excluding hydrogens is 232 g/mol. The molecule has 0 aromatic heterocycles. The average molecular weight is 252 g/mol. The van der Waals surface area contributed by atoms with Crippen molar-refractivity contribution in [3.8, 4) is 0 Å². The van der Waals surface area contributed by atoms with Gasteiger partial charge in [0, 0.05) is 35.8 Å². The van der Waals surface area contributed by atoms with Crippen LogP contribution in [0.15, 0.2) is 29.2 Å². The van der Waals surface area contributed by atoms with Crippen LogP contribution in [0.1, 0.15) is 20.8 Å². The van der Waals surface area contributed by atoms with E-state index in [1.807, 2.05) is 36.0 Å². The van der Waals surface area contributed by atoms with Crippen molar-refractivity contribution in [1.82, 2.24) is 5.32 Å². The fraction of sp³-hybridized carbons (Fsp3) is 0.462. The molecule has 4 heteroatoms. The Balaban J connectivity index is 2.32. The number of carbonyl (C=O) groups excluding carboxylic acids is 1. The Kier molecular flexibility index (Phi) is 6.08. The summed E-state index contributed by atoms with van der Waals surface area (Å²) in [6, 6.07) is 8.47.